The Bertz CT molecular complexity index is 1180. The van der Waals surface area contributed by atoms with Crippen LogP contribution in [0.2, 0.25) is 0 Å². The highest BCUT2D eigenvalue weighted by Gasteiger charge is 2.19. The van der Waals surface area contributed by atoms with E-state index in [4.69, 9.17) is 19.3 Å². The predicted octanol–water partition coefficient (Wildman–Crippen LogP) is 19.2. The van der Waals surface area contributed by atoms with Gasteiger partial charge in [0.15, 0.2) is 6.10 Å². The Morgan fingerprint density at radius 3 is 0.914 bits per heavy atom. The largest absolute Gasteiger partial charge is 0.462 e. The van der Waals surface area contributed by atoms with E-state index < -0.39 is 6.10 Å². The summed E-state index contributed by atoms with van der Waals surface area (Å²) in [7, 11) is 0. The highest BCUT2D eigenvalue weighted by atomic mass is 16.6. The number of hydrogen-bond donors (Lipinski definition) is 1. The maximum Gasteiger partial charge on any atom is 0.306 e. The van der Waals surface area contributed by atoms with Gasteiger partial charge in [-0.2, -0.15) is 0 Å². The number of allylic oxidation sites excluding steroid dienone is 9. The van der Waals surface area contributed by atoms with E-state index in [1.54, 1.807) is 12.2 Å². The fraction of sp³-hybridized carbons (Fsp3) is 0.794. The molecular formula is C63H114O7. The Labute approximate surface area is 434 Å². The highest BCUT2D eigenvalue weighted by Crippen LogP contribution is 2.15. The van der Waals surface area contributed by atoms with Crippen LogP contribution in [0.3, 0.4) is 0 Å². The Morgan fingerprint density at radius 1 is 0.357 bits per heavy atom. The monoisotopic (exact) mass is 983 g/mol. The van der Waals surface area contributed by atoms with E-state index in [0.29, 0.717) is 19.3 Å². The number of aliphatic hydroxyl groups excluding tert-OH is 1. The van der Waals surface area contributed by atoms with Crippen molar-refractivity contribution in [1.29, 1.82) is 0 Å². The molecule has 408 valence electrons. The molecule has 0 aromatic rings. The third-order valence-corrected chi connectivity index (χ3v) is 12.6. The summed E-state index contributed by atoms with van der Waals surface area (Å²) in [5.41, 5.74) is 0. The average Bonchev–Trinajstić information content (AvgIpc) is 3.36. The first-order valence-corrected chi connectivity index (χ1v) is 29.8. The van der Waals surface area contributed by atoms with Gasteiger partial charge in [0.2, 0.25) is 0 Å². The van der Waals surface area contributed by atoms with E-state index in [9.17, 15) is 14.4 Å². The molecule has 70 heavy (non-hydrogen) atoms. The van der Waals surface area contributed by atoms with E-state index >= 15 is 0 Å². The molecule has 0 saturated heterocycles. The summed E-state index contributed by atoms with van der Waals surface area (Å²) in [5, 5.41) is 8.17. The minimum Gasteiger partial charge on any atom is -0.462 e. The van der Waals surface area contributed by atoms with E-state index in [2.05, 4.69) is 57.2 Å². The Balaban J connectivity index is 0. The number of hydrogen-bond acceptors (Lipinski definition) is 7. The first kappa shape index (κ1) is 69.1. The molecule has 0 radical (unpaired) electrons. The van der Waals surface area contributed by atoms with E-state index in [0.717, 1.165) is 77.0 Å². The van der Waals surface area contributed by atoms with Crippen molar-refractivity contribution in [3.63, 3.8) is 0 Å². The third kappa shape index (κ3) is 61.2. The Hall–Kier alpha value is -2.93. The molecule has 7 nitrogen and oxygen atoms in total. The number of carbonyl (C=O) groups excluding carboxylic acids is 3. The van der Waals surface area contributed by atoms with Crippen LogP contribution in [0.1, 0.15) is 297 Å². The molecule has 0 bridgehead atoms. The van der Waals surface area contributed by atoms with Gasteiger partial charge in [-0.15, -0.1) is 0 Å². The lowest BCUT2D eigenvalue weighted by Gasteiger charge is -2.18. The smallest absolute Gasteiger partial charge is 0.306 e. The zero-order chi connectivity index (χ0) is 51.3. The second kappa shape index (κ2) is 62.2. The first-order valence-electron chi connectivity index (χ1n) is 29.8. The second-order valence-electron chi connectivity index (χ2n) is 19.6. The Morgan fingerprint density at radius 2 is 0.629 bits per heavy atom. The molecule has 0 aliphatic carbocycles. The normalized spacial score (nSPS) is 11.8. The quantitative estimate of drug-likeness (QED) is 0.0213. The lowest BCUT2D eigenvalue weighted by atomic mass is 10.1. The third-order valence-electron chi connectivity index (χ3n) is 12.6. The van der Waals surface area contributed by atoms with Crippen molar-refractivity contribution >= 4 is 17.9 Å². The summed E-state index contributed by atoms with van der Waals surface area (Å²) < 4.78 is 16.8. The van der Waals surface area contributed by atoms with Gasteiger partial charge in [0.25, 0.3) is 0 Å². The van der Waals surface area contributed by atoms with Gasteiger partial charge in [-0.25, -0.2) is 0 Å². The van der Waals surface area contributed by atoms with Gasteiger partial charge < -0.3 is 19.3 Å². The van der Waals surface area contributed by atoms with Crippen molar-refractivity contribution in [3.05, 3.63) is 60.8 Å². The van der Waals surface area contributed by atoms with Crippen LogP contribution in [0.4, 0.5) is 0 Å². The molecule has 0 rings (SSSR count). The molecule has 0 spiro atoms. The van der Waals surface area contributed by atoms with Gasteiger partial charge in [0.1, 0.15) is 13.2 Å². The number of unbranched alkanes of at least 4 members (excludes halogenated alkanes) is 33. The van der Waals surface area contributed by atoms with Gasteiger partial charge in [0.05, 0.1) is 6.61 Å². The van der Waals surface area contributed by atoms with Crippen molar-refractivity contribution < 1.29 is 33.7 Å². The zero-order valence-corrected chi connectivity index (χ0v) is 46.6. The van der Waals surface area contributed by atoms with Crippen LogP contribution in [0, 0.1) is 0 Å². The summed E-state index contributed by atoms with van der Waals surface area (Å²) in [6.45, 7) is 8.69. The van der Waals surface area contributed by atoms with Crippen LogP contribution >= 0.6 is 0 Å². The summed E-state index contributed by atoms with van der Waals surface area (Å²) >= 11 is 0. The van der Waals surface area contributed by atoms with Crippen LogP contribution in [0.5, 0.6) is 0 Å². The molecule has 0 fully saturated rings. The molecule has 7 heteroatoms. The maximum absolute atomic E-state index is 12.8. The van der Waals surface area contributed by atoms with Gasteiger partial charge in [-0.1, -0.05) is 236 Å². The second-order valence-corrected chi connectivity index (χ2v) is 19.6. The molecule has 0 aliphatic heterocycles. The van der Waals surface area contributed by atoms with Gasteiger partial charge in [-0.3, -0.25) is 14.4 Å². The van der Waals surface area contributed by atoms with E-state index in [-0.39, 0.29) is 37.7 Å². The van der Waals surface area contributed by atoms with Crippen molar-refractivity contribution in [2.75, 3.05) is 19.8 Å². The number of ether oxygens (including phenoxy) is 3. The first-order chi connectivity index (χ1) is 34.4. The average molecular weight is 984 g/mol. The van der Waals surface area contributed by atoms with Crippen molar-refractivity contribution in [2.24, 2.45) is 0 Å². The zero-order valence-electron chi connectivity index (χ0n) is 46.6. The minimum absolute atomic E-state index is 0.0806. The van der Waals surface area contributed by atoms with Crippen molar-refractivity contribution in [2.45, 2.75) is 303 Å². The van der Waals surface area contributed by atoms with Crippen molar-refractivity contribution in [3.8, 4) is 0 Å². The van der Waals surface area contributed by atoms with Gasteiger partial charge in [-0.05, 0) is 103 Å². The standard InChI is InChI=1S/C57H104O6.C6H10O/c1-4-7-10-13-16-19-22-25-28-31-34-37-40-43-46-49-55(58)61-52-54(63-57(60)51-48-45-42-39-36-33-30-27-24-21-18-15-12-9-6-3)53-62-56(59)50-47-44-41-38-35-32-29-26-23-20-17-14-11-8-5-2;1-2-3-4-5-6-7/h25-30,54H,4-24,31-53H2,1-3H3;2-5,7H,6H2,1H3/b28-25-,29-26-,30-27-;3-2+,5-4+. The molecule has 0 aliphatic rings. The fourth-order valence-electron chi connectivity index (χ4n) is 8.15. The van der Waals surface area contributed by atoms with E-state index in [1.165, 1.54) is 173 Å². The van der Waals surface area contributed by atoms with Gasteiger partial charge >= 0.3 is 17.9 Å². The van der Waals surface area contributed by atoms with Crippen LogP contribution in [-0.2, 0) is 28.6 Å². The summed E-state index contributed by atoms with van der Waals surface area (Å²) in [6.07, 6.45) is 68.5. The number of carbonyl (C=O) groups is 3. The topological polar surface area (TPSA) is 99.1 Å². The van der Waals surface area contributed by atoms with Crippen LogP contribution < -0.4 is 0 Å². The maximum atomic E-state index is 12.8. The molecular weight excluding hydrogens is 869 g/mol. The van der Waals surface area contributed by atoms with Crippen LogP contribution in [0.25, 0.3) is 0 Å². The molecule has 0 heterocycles. The molecule has 0 saturated carbocycles. The fourth-order valence-corrected chi connectivity index (χ4v) is 8.15. The molecule has 0 amide bonds. The summed E-state index contributed by atoms with van der Waals surface area (Å²) in [6, 6.07) is 0. The van der Waals surface area contributed by atoms with Crippen LogP contribution in [-0.4, -0.2) is 48.9 Å². The van der Waals surface area contributed by atoms with E-state index in [1.807, 2.05) is 19.1 Å². The lowest BCUT2D eigenvalue weighted by Crippen LogP contribution is -2.30. The summed E-state index contributed by atoms with van der Waals surface area (Å²) in [4.78, 5) is 38.0. The molecule has 0 aromatic heterocycles. The molecule has 1 N–H and O–H groups in total. The lowest BCUT2D eigenvalue weighted by molar-refractivity contribution is -0.167. The minimum atomic E-state index is -0.781. The number of esters is 3. The predicted molar refractivity (Wildman–Crippen MR) is 301 cm³/mol. The van der Waals surface area contributed by atoms with Gasteiger partial charge in [0, 0.05) is 19.3 Å². The molecule has 0 unspecified atom stereocenters. The molecule has 0 aromatic carbocycles. The SMILES string of the molecule is C/C=C/C=C/CO.CCCCCCCC/C=C\CCCCCCCC(=O)OCC(COC(=O)CCCCCCC/C=C\CCCCCCCC)OC(=O)CCCCCCC/C=C\CCCCCCCC. The number of rotatable bonds is 52. The van der Waals surface area contributed by atoms with Crippen LogP contribution in [0.15, 0.2) is 60.8 Å². The number of aliphatic hydroxyl groups is 1. The summed E-state index contributed by atoms with van der Waals surface area (Å²) in [5.74, 6) is -0.893. The Kier molecular flexibility index (Phi) is 61.4. The molecule has 0 atom stereocenters. The van der Waals surface area contributed by atoms with Crippen molar-refractivity contribution in [1.82, 2.24) is 0 Å². The highest BCUT2D eigenvalue weighted by molar-refractivity contribution is 5.71.